The number of esters is 1. The molecule has 15 heteroatoms. The minimum Gasteiger partial charge on any atom is -0.432 e. The van der Waals surface area contributed by atoms with Crippen molar-refractivity contribution in [2.45, 2.75) is 173 Å². The predicted molar refractivity (Wildman–Crippen MR) is 199 cm³/mol. The molecule has 0 bridgehead atoms. The Kier molecular flexibility index (Phi) is 11.3. The van der Waals surface area contributed by atoms with E-state index >= 15 is 0 Å². The lowest BCUT2D eigenvalue weighted by molar-refractivity contribution is -0.338. The lowest BCUT2D eigenvalue weighted by Gasteiger charge is -2.71. The molecule has 9 N–H and O–H groups in total. The van der Waals surface area contributed by atoms with Crippen LogP contribution in [0.15, 0.2) is 11.6 Å². The van der Waals surface area contributed by atoms with Gasteiger partial charge in [0.15, 0.2) is 6.29 Å². The smallest absolute Gasteiger partial charge is 0.315 e. The zero-order chi connectivity index (χ0) is 41.8. The summed E-state index contributed by atoms with van der Waals surface area (Å²) in [4.78, 5) is 27.9. The first-order valence-corrected chi connectivity index (χ1v) is 20.9. The first kappa shape index (κ1) is 43.5. The van der Waals surface area contributed by atoms with Gasteiger partial charge in [-0.3, -0.25) is 4.79 Å². The molecule has 4 saturated carbocycles. The van der Waals surface area contributed by atoms with Crippen molar-refractivity contribution in [2.24, 2.45) is 50.2 Å². The van der Waals surface area contributed by atoms with Gasteiger partial charge >= 0.3 is 5.97 Å². The summed E-state index contributed by atoms with van der Waals surface area (Å²) in [5.41, 5.74) is -2.30. The van der Waals surface area contributed by atoms with Crippen molar-refractivity contribution in [1.82, 2.24) is 0 Å². The van der Waals surface area contributed by atoms with Gasteiger partial charge in [-0.1, -0.05) is 53.2 Å². The summed E-state index contributed by atoms with van der Waals surface area (Å²) in [6.07, 6.45) is -9.04. The number of ether oxygens (including phenoxy) is 4. The topological polar surface area (TPSA) is 253 Å². The monoisotopic (exact) mass is 810 g/mol. The third-order valence-corrected chi connectivity index (χ3v) is 17.1. The van der Waals surface area contributed by atoms with E-state index in [2.05, 4.69) is 40.7 Å². The predicted octanol–water partition coefficient (Wildman–Crippen LogP) is 0.466. The van der Waals surface area contributed by atoms with Crippen molar-refractivity contribution in [3.05, 3.63) is 11.6 Å². The van der Waals surface area contributed by atoms with Gasteiger partial charge in [0.25, 0.3) is 0 Å². The number of hydrogen-bond acceptors (Lipinski definition) is 15. The van der Waals surface area contributed by atoms with Crippen LogP contribution < -0.4 is 0 Å². The summed E-state index contributed by atoms with van der Waals surface area (Å²) in [6.45, 7) is 11.7. The summed E-state index contributed by atoms with van der Waals surface area (Å²) in [5.74, 6) is -0.956. The maximum absolute atomic E-state index is 14.6. The standard InChI is InChI=1S/C42H66O15/c1-37(2)11-13-42(36(53)57-35-32(52)30(50)28(48)24(18-44)55-35)14-12-40(5)20(21(42)15-37)7-8-26-38(3)16-22(46)33(39(4,19-45)25(38)9-10-41(26,40)6)56-34-31(51)29(49)27(47)23(17-43)54-34/h7,19,21-35,43-44,46-52H,8-18H2,1-6H3/t21-,22+,23+,24+,25+,26+,27+,28+,29-,30-,31+,32+,33-,34-,35-,38-,39-,40+,41+,42-/m0/s1. The van der Waals surface area contributed by atoms with Crippen LogP contribution >= 0.6 is 0 Å². The first-order valence-electron chi connectivity index (χ1n) is 20.9. The highest BCUT2D eigenvalue weighted by atomic mass is 16.7. The highest BCUT2D eigenvalue weighted by molar-refractivity contribution is 5.79. The maximum Gasteiger partial charge on any atom is 0.315 e. The van der Waals surface area contributed by atoms with Gasteiger partial charge in [0.2, 0.25) is 6.29 Å². The molecule has 15 nitrogen and oxygen atoms in total. The number of allylic oxidation sites excluding steroid dienone is 2. The van der Waals surface area contributed by atoms with E-state index in [0.29, 0.717) is 32.1 Å². The molecule has 6 fully saturated rings. The Morgan fingerprint density at radius 3 is 1.93 bits per heavy atom. The molecule has 57 heavy (non-hydrogen) atoms. The zero-order valence-corrected chi connectivity index (χ0v) is 34.1. The number of aliphatic hydroxyl groups is 9. The molecule has 0 radical (unpaired) electrons. The fourth-order valence-electron chi connectivity index (χ4n) is 13.6. The Morgan fingerprint density at radius 2 is 1.33 bits per heavy atom. The van der Waals surface area contributed by atoms with Gasteiger partial charge in [-0.15, -0.1) is 0 Å². The van der Waals surface area contributed by atoms with Crippen LogP contribution in [0.5, 0.6) is 0 Å². The first-order chi connectivity index (χ1) is 26.6. The molecule has 0 spiro atoms. The van der Waals surface area contributed by atoms with Crippen LogP contribution in [0.4, 0.5) is 0 Å². The van der Waals surface area contributed by atoms with Gasteiger partial charge < -0.3 is 69.7 Å². The highest BCUT2D eigenvalue weighted by Gasteiger charge is 2.71. The second-order valence-corrected chi connectivity index (χ2v) is 20.5. The molecule has 0 aromatic carbocycles. The molecule has 2 saturated heterocycles. The van der Waals surface area contributed by atoms with Crippen LogP contribution in [0.2, 0.25) is 0 Å². The van der Waals surface area contributed by atoms with Crippen molar-refractivity contribution in [3.8, 4) is 0 Å². The zero-order valence-electron chi connectivity index (χ0n) is 34.1. The SMILES string of the molecule is CC1(C)CC[C@]2(C(=O)O[C@@H]3O[C@H](CO)[C@@H](O)[C@H](O)[C@H]3O)CC[C@]3(C)C(=CC[C@@H]4[C@@]5(C)C[C@@H](O)[C@H](O[C@@H]6O[C@H](CO)[C@@H](O)[C@H](O)[C@H]6O)[C@@](C)(C=O)[C@@H]5CC[C@]43C)[C@@H]2C1. The van der Waals surface area contributed by atoms with Gasteiger partial charge in [0, 0.05) is 0 Å². The molecular formula is C42H66O15. The average Bonchev–Trinajstić information content (AvgIpc) is 3.16. The third-order valence-electron chi connectivity index (χ3n) is 17.1. The van der Waals surface area contributed by atoms with Gasteiger partial charge in [-0.25, -0.2) is 0 Å². The summed E-state index contributed by atoms with van der Waals surface area (Å²) in [7, 11) is 0. The van der Waals surface area contributed by atoms with Gasteiger partial charge in [-0.2, -0.15) is 0 Å². The van der Waals surface area contributed by atoms with Crippen LogP contribution in [0, 0.1) is 50.2 Å². The Labute approximate surface area is 334 Å². The minimum absolute atomic E-state index is 0.0183. The van der Waals surface area contributed by atoms with E-state index in [1.54, 1.807) is 6.92 Å². The second-order valence-electron chi connectivity index (χ2n) is 20.5. The summed E-state index contributed by atoms with van der Waals surface area (Å²) in [5, 5.41) is 94.6. The van der Waals surface area contributed by atoms with Gasteiger partial charge in [0.05, 0.1) is 36.3 Å². The molecule has 0 amide bonds. The van der Waals surface area contributed by atoms with Crippen LogP contribution in [0.1, 0.15) is 99.3 Å². The number of carbonyl (C=O) groups is 2. The summed E-state index contributed by atoms with van der Waals surface area (Å²) < 4.78 is 23.4. The molecule has 5 aliphatic carbocycles. The molecule has 324 valence electrons. The van der Waals surface area contributed by atoms with Crippen LogP contribution in [0.3, 0.4) is 0 Å². The number of carbonyl (C=O) groups excluding carboxylic acids is 2. The molecule has 0 aromatic heterocycles. The van der Waals surface area contributed by atoms with Crippen molar-refractivity contribution < 1.29 is 74.5 Å². The lowest BCUT2D eigenvalue weighted by atomic mass is 9.33. The van der Waals surface area contributed by atoms with Crippen LogP contribution in [-0.2, 0) is 28.5 Å². The van der Waals surface area contributed by atoms with E-state index < -0.39 is 109 Å². The number of aliphatic hydroxyl groups excluding tert-OH is 9. The van der Waals surface area contributed by atoms with Crippen LogP contribution in [-0.4, -0.2) is 145 Å². The van der Waals surface area contributed by atoms with Crippen LogP contribution in [0.25, 0.3) is 0 Å². The largest absolute Gasteiger partial charge is 0.432 e. The Bertz CT molecular complexity index is 1570. The Hall–Kier alpha value is -1.60. The Balaban J connectivity index is 1.19. The number of rotatable bonds is 7. The molecule has 7 aliphatic rings. The van der Waals surface area contributed by atoms with E-state index in [0.717, 1.165) is 25.5 Å². The number of fused-ring (bicyclic) bond motifs is 7. The minimum atomic E-state index is -1.70. The van der Waals surface area contributed by atoms with Gasteiger partial charge in [-0.05, 0) is 97.2 Å². The van der Waals surface area contributed by atoms with E-state index in [4.69, 9.17) is 18.9 Å². The van der Waals surface area contributed by atoms with Gasteiger partial charge in [0.1, 0.15) is 55.1 Å². The average molecular weight is 811 g/mol. The molecule has 20 atom stereocenters. The van der Waals surface area contributed by atoms with E-state index in [9.17, 15) is 55.5 Å². The van der Waals surface area contributed by atoms with E-state index in [1.807, 2.05) is 0 Å². The third kappa shape index (κ3) is 6.35. The molecule has 2 aliphatic heterocycles. The number of aldehydes is 1. The van der Waals surface area contributed by atoms with Crippen molar-refractivity contribution in [3.63, 3.8) is 0 Å². The normalized spacial score (nSPS) is 54.6. The fourth-order valence-corrected chi connectivity index (χ4v) is 13.6. The molecular weight excluding hydrogens is 744 g/mol. The molecule has 0 unspecified atom stereocenters. The molecule has 0 aromatic rings. The summed E-state index contributed by atoms with van der Waals surface area (Å²) in [6, 6.07) is 0. The molecule has 7 rings (SSSR count). The summed E-state index contributed by atoms with van der Waals surface area (Å²) >= 11 is 0. The van der Waals surface area contributed by atoms with Crippen molar-refractivity contribution in [2.75, 3.05) is 13.2 Å². The van der Waals surface area contributed by atoms with E-state index in [1.165, 1.54) is 5.57 Å². The fraction of sp³-hybridized carbons (Fsp3) is 0.905. The second kappa shape index (κ2) is 14.8. The molecule has 2 heterocycles. The quantitative estimate of drug-likeness (QED) is 0.0734. The maximum atomic E-state index is 14.6. The van der Waals surface area contributed by atoms with Crippen molar-refractivity contribution in [1.29, 1.82) is 0 Å². The highest BCUT2D eigenvalue weighted by Crippen LogP contribution is 2.76. The number of hydrogen-bond donors (Lipinski definition) is 9. The van der Waals surface area contributed by atoms with Crippen molar-refractivity contribution >= 4 is 12.3 Å². The Morgan fingerprint density at radius 1 is 0.754 bits per heavy atom. The van der Waals surface area contributed by atoms with E-state index in [-0.39, 0.29) is 40.4 Å². The lowest BCUT2D eigenvalue weighted by Crippen LogP contribution is -2.69.